The van der Waals surface area contributed by atoms with Gasteiger partial charge in [-0.1, -0.05) is 48.5 Å². The molecule has 0 saturated carbocycles. The van der Waals surface area contributed by atoms with Crippen molar-refractivity contribution in [2.45, 2.75) is 6.42 Å². The highest BCUT2D eigenvalue weighted by Crippen LogP contribution is 2.17. The number of anilines is 2. The second-order valence-electron chi connectivity index (χ2n) is 8.41. The Kier molecular flexibility index (Phi) is 8.14. The Bertz CT molecular complexity index is 1330. The average Bonchev–Trinajstić information content (AvgIpc) is 2.89. The molecule has 0 aliphatic carbocycles. The fourth-order valence-electron chi connectivity index (χ4n) is 3.62. The second kappa shape index (κ2) is 12.0. The first-order valence-electron chi connectivity index (χ1n) is 11.7. The van der Waals surface area contributed by atoms with Crippen molar-refractivity contribution in [1.82, 2.24) is 0 Å². The molecular formula is C31H26N2O4. The quantitative estimate of drug-likeness (QED) is 0.228. The van der Waals surface area contributed by atoms with Gasteiger partial charge in [-0.25, -0.2) is 0 Å². The second-order valence-corrected chi connectivity index (χ2v) is 8.41. The SMILES string of the molecule is O=C(/C=C/c1cccc(O)c1)Nc1ccc(Cc2ccc(NC(=O)/C=C/c3cccc(O)c3)cc2)cc1. The minimum absolute atomic E-state index is 0.149. The van der Waals surface area contributed by atoms with Gasteiger partial charge >= 0.3 is 0 Å². The van der Waals surface area contributed by atoms with Crippen LogP contribution in [-0.4, -0.2) is 22.0 Å². The van der Waals surface area contributed by atoms with Crippen molar-refractivity contribution in [3.05, 3.63) is 131 Å². The molecule has 0 atom stereocenters. The van der Waals surface area contributed by atoms with E-state index in [0.29, 0.717) is 17.8 Å². The molecule has 0 aromatic heterocycles. The van der Waals surface area contributed by atoms with Gasteiger partial charge in [-0.2, -0.15) is 0 Å². The summed E-state index contributed by atoms with van der Waals surface area (Å²) in [5.41, 5.74) is 5.01. The minimum atomic E-state index is -0.259. The maximum Gasteiger partial charge on any atom is 0.248 e. The Balaban J connectivity index is 1.27. The first-order valence-corrected chi connectivity index (χ1v) is 11.7. The molecule has 0 unspecified atom stereocenters. The van der Waals surface area contributed by atoms with Gasteiger partial charge in [0.05, 0.1) is 0 Å². The van der Waals surface area contributed by atoms with Crippen molar-refractivity contribution in [2.24, 2.45) is 0 Å². The average molecular weight is 491 g/mol. The third kappa shape index (κ3) is 7.97. The molecule has 0 saturated heterocycles. The first-order chi connectivity index (χ1) is 17.9. The topological polar surface area (TPSA) is 98.7 Å². The number of hydrogen-bond acceptors (Lipinski definition) is 4. The largest absolute Gasteiger partial charge is 0.508 e. The summed E-state index contributed by atoms with van der Waals surface area (Å²) in [6.45, 7) is 0. The van der Waals surface area contributed by atoms with E-state index < -0.39 is 0 Å². The van der Waals surface area contributed by atoms with Gasteiger partial charge in [0.25, 0.3) is 0 Å². The van der Waals surface area contributed by atoms with Gasteiger partial charge in [-0.05, 0) is 89.4 Å². The lowest BCUT2D eigenvalue weighted by molar-refractivity contribution is -0.112. The molecule has 4 aromatic rings. The third-order valence-electron chi connectivity index (χ3n) is 5.45. The molecule has 6 heteroatoms. The van der Waals surface area contributed by atoms with Crippen LogP contribution in [0.1, 0.15) is 22.3 Å². The summed E-state index contributed by atoms with van der Waals surface area (Å²) < 4.78 is 0. The van der Waals surface area contributed by atoms with E-state index in [-0.39, 0.29) is 23.3 Å². The highest BCUT2D eigenvalue weighted by molar-refractivity contribution is 6.02. The highest BCUT2D eigenvalue weighted by atomic mass is 16.3. The first kappa shape index (κ1) is 25.0. The van der Waals surface area contributed by atoms with Crippen LogP contribution in [0, 0.1) is 0 Å². The van der Waals surface area contributed by atoms with Crippen LogP contribution in [0.4, 0.5) is 11.4 Å². The summed E-state index contributed by atoms with van der Waals surface area (Å²) in [6.07, 6.45) is 6.83. The van der Waals surface area contributed by atoms with Crippen LogP contribution in [0.5, 0.6) is 11.5 Å². The van der Waals surface area contributed by atoms with E-state index in [4.69, 9.17) is 0 Å². The van der Waals surface area contributed by atoms with Crippen LogP contribution in [-0.2, 0) is 16.0 Å². The molecule has 0 fully saturated rings. The van der Waals surface area contributed by atoms with E-state index in [1.54, 1.807) is 60.7 Å². The Morgan fingerprint density at radius 2 is 1.00 bits per heavy atom. The molecule has 0 aliphatic heterocycles. The maximum absolute atomic E-state index is 12.2. The summed E-state index contributed by atoms with van der Waals surface area (Å²) in [5.74, 6) is -0.219. The Morgan fingerprint density at radius 1 is 0.595 bits per heavy atom. The number of amides is 2. The molecule has 6 nitrogen and oxygen atoms in total. The van der Waals surface area contributed by atoms with Crippen molar-refractivity contribution in [1.29, 1.82) is 0 Å². The van der Waals surface area contributed by atoms with Crippen LogP contribution in [0.3, 0.4) is 0 Å². The lowest BCUT2D eigenvalue weighted by Gasteiger charge is -2.07. The van der Waals surface area contributed by atoms with Crippen molar-refractivity contribution in [2.75, 3.05) is 10.6 Å². The molecule has 0 heterocycles. The van der Waals surface area contributed by atoms with Gasteiger partial charge in [0, 0.05) is 23.5 Å². The summed E-state index contributed by atoms with van der Waals surface area (Å²) in [7, 11) is 0. The van der Waals surface area contributed by atoms with E-state index in [1.807, 2.05) is 48.5 Å². The van der Waals surface area contributed by atoms with E-state index in [2.05, 4.69) is 10.6 Å². The highest BCUT2D eigenvalue weighted by Gasteiger charge is 2.03. The molecule has 37 heavy (non-hydrogen) atoms. The standard InChI is InChI=1S/C31H26N2O4/c34-28-5-1-3-22(20-28)11-17-30(36)32-26-13-7-24(8-14-26)19-25-9-15-27(16-10-25)33-31(37)18-12-23-4-2-6-29(35)21-23/h1-18,20-21,34-35H,19H2,(H,32,36)(H,33,37)/b17-11+,18-12+. The predicted octanol–water partition coefficient (Wildman–Crippen LogP) is 5.99. The van der Waals surface area contributed by atoms with E-state index in [0.717, 1.165) is 22.3 Å². The molecule has 0 bridgehead atoms. The Morgan fingerprint density at radius 3 is 1.38 bits per heavy atom. The molecule has 0 spiro atoms. The number of carbonyl (C=O) groups excluding carboxylic acids is 2. The smallest absolute Gasteiger partial charge is 0.248 e. The fourth-order valence-corrected chi connectivity index (χ4v) is 3.62. The van der Waals surface area contributed by atoms with Crippen LogP contribution < -0.4 is 10.6 Å². The zero-order valence-corrected chi connectivity index (χ0v) is 20.0. The molecule has 184 valence electrons. The number of phenols is 2. The van der Waals surface area contributed by atoms with Gasteiger partial charge in [0.15, 0.2) is 0 Å². The molecule has 0 aliphatic rings. The Labute approximate surface area is 215 Å². The molecule has 4 rings (SSSR count). The molecular weight excluding hydrogens is 464 g/mol. The van der Waals surface area contributed by atoms with Gasteiger partial charge in [0.1, 0.15) is 11.5 Å². The lowest BCUT2D eigenvalue weighted by Crippen LogP contribution is -2.08. The summed E-state index contributed by atoms with van der Waals surface area (Å²) in [6, 6.07) is 28.6. The number of benzene rings is 4. The van der Waals surface area contributed by atoms with Crippen molar-refractivity contribution < 1.29 is 19.8 Å². The van der Waals surface area contributed by atoms with Crippen molar-refractivity contribution in [3.63, 3.8) is 0 Å². The van der Waals surface area contributed by atoms with Gasteiger partial charge < -0.3 is 20.8 Å². The number of aromatic hydroxyl groups is 2. The van der Waals surface area contributed by atoms with Crippen LogP contribution in [0.2, 0.25) is 0 Å². The van der Waals surface area contributed by atoms with E-state index in [9.17, 15) is 19.8 Å². The van der Waals surface area contributed by atoms with Gasteiger partial charge in [-0.3, -0.25) is 9.59 Å². The van der Waals surface area contributed by atoms with Crippen molar-refractivity contribution in [3.8, 4) is 11.5 Å². The van der Waals surface area contributed by atoms with Gasteiger partial charge in [-0.15, -0.1) is 0 Å². The maximum atomic E-state index is 12.2. The molecule has 2 amide bonds. The lowest BCUT2D eigenvalue weighted by atomic mass is 10.0. The molecule has 4 aromatic carbocycles. The monoisotopic (exact) mass is 490 g/mol. The minimum Gasteiger partial charge on any atom is -0.508 e. The number of phenolic OH excluding ortho intramolecular Hbond substituents is 2. The number of nitrogens with one attached hydrogen (secondary N) is 2. The predicted molar refractivity (Wildman–Crippen MR) is 147 cm³/mol. The zero-order valence-electron chi connectivity index (χ0n) is 20.0. The van der Waals surface area contributed by atoms with E-state index >= 15 is 0 Å². The fraction of sp³-hybridized carbons (Fsp3) is 0.0323. The van der Waals surface area contributed by atoms with Crippen molar-refractivity contribution >= 4 is 35.3 Å². The van der Waals surface area contributed by atoms with Gasteiger partial charge in [0.2, 0.25) is 11.8 Å². The number of rotatable bonds is 8. The van der Waals surface area contributed by atoms with Crippen LogP contribution >= 0.6 is 0 Å². The Hall–Kier alpha value is -5.10. The third-order valence-corrected chi connectivity index (χ3v) is 5.45. The van der Waals surface area contributed by atoms with Crippen LogP contribution in [0.25, 0.3) is 12.2 Å². The zero-order chi connectivity index (χ0) is 26.0. The number of carbonyl (C=O) groups is 2. The summed E-state index contributed by atoms with van der Waals surface area (Å²) in [5, 5.41) is 24.6. The molecule has 4 N–H and O–H groups in total. The number of hydrogen-bond donors (Lipinski definition) is 4. The summed E-state index contributed by atoms with van der Waals surface area (Å²) >= 11 is 0. The normalized spacial score (nSPS) is 11.0. The summed E-state index contributed by atoms with van der Waals surface area (Å²) in [4.78, 5) is 24.4. The molecule has 0 radical (unpaired) electrons. The van der Waals surface area contributed by atoms with Crippen LogP contribution in [0.15, 0.2) is 109 Å². The van der Waals surface area contributed by atoms with E-state index in [1.165, 1.54) is 12.2 Å².